The number of nitrogens with zero attached hydrogens (tertiary/aromatic N) is 2. The second-order valence-corrected chi connectivity index (χ2v) is 5.26. The van der Waals surface area contributed by atoms with E-state index in [9.17, 15) is 0 Å². The minimum absolute atomic E-state index is 0.411. The van der Waals surface area contributed by atoms with Crippen LogP contribution >= 0.6 is 0 Å². The van der Waals surface area contributed by atoms with Crippen LogP contribution in [0.15, 0.2) is 18.3 Å². The molecule has 4 nitrogen and oxygen atoms in total. The molecule has 2 rings (SSSR count). The minimum Gasteiger partial charge on any atom is -0.377 e. The van der Waals surface area contributed by atoms with Crippen LogP contribution in [0.3, 0.4) is 0 Å². The molecular formula is C15H25N3O. The third-order valence-corrected chi connectivity index (χ3v) is 3.42. The Bertz CT molecular complexity index is 377. The van der Waals surface area contributed by atoms with E-state index < -0.39 is 0 Å². The Hall–Kier alpha value is -1.13. The first-order valence-electron chi connectivity index (χ1n) is 7.27. The number of pyridine rings is 1. The fourth-order valence-electron chi connectivity index (χ4n) is 2.53. The van der Waals surface area contributed by atoms with E-state index >= 15 is 0 Å². The zero-order valence-corrected chi connectivity index (χ0v) is 12.1. The highest BCUT2D eigenvalue weighted by atomic mass is 16.5. The van der Waals surface area contributed by atoms with Crippen LogP contribution in [0.25, 0.3) is 0 Å². The predicted molar refractivity (Wildman–Crippen MR) is 78.3 cm³/mol. The van der Waals surface area contributed by atoms with Gasteiger partial charge in [-0.1, -0.05) is 0 Å². The molecule has 0 aliphatic carbocycles. The van der Waals surface area contributed by atoms with Crippen LogP contribution in [0.5, 0.6) is 0 Å². The van der Waals surface area contributed by atoms with E-state index in [1.165, 1.54) is 24.8 Å². The maximum atomic E-state index is 5.78. The van der Waals surface area contributed by atoms with E-state index in [1.807, 2.05) is 6.20 Å². The quantitative estimate of drug-likeness (QED) is 0.856. The maximum Gasteiger partial charge on any atom is 0.126 e. The lowest BCUT2D eigenvalue weighted by Crippen LogP contribution is -2.33. The molecule has 0 spiro atoms. The zero-order chi connectivity index (χ0) is 13.5. The van der Waals surface area contributed by atoms with Crippen molar-refractivity contribution in [1.82, 2.24) is 9.88 Å². The molecule has 4 heteroatoms. The van der Waals surface area contributed by atoms with Gasteiger partial charge in [-0.25, -0.2) is 4.98 Å². The largest absolute Gasteiger partial charge is 0.377 e. The van der Waals surface area contributed by atoms with Gasteiger partial charge in [0.25, 0.3) is 0 Å². The van der Waals surface area contributed by atoms with Crippen molar-refractivity contribution in [2.24, 2.45) is 0 Å². The molecule has 0 saturated carbocycles. The molecule has 1 aromatic heterocycles. The van der Waals surface area contributed by atoms with Crippen LogP contribution in [0, 0.1) is 0 Å². The SMILES string of the molecule is CCNc1cc(CN(C)CC2CCCCO2)ccn1. The van der Waals surface area contributed by atoms with Gasteiger partial charge in [-0.15, -0.1) is 0 Å². The van der Waals surface area contributed by atoms with Crippen molar-refractivity contribution < 1.29 is 4.74 Å². The normalized spacial score (nSPS) is 19.6. The van der Waals surface area contributed by atoms with Gasteiger partial charge >= 0.3 is 0 Å². The van der Waals surface area contributed by atoms with Gasteiger partial charge in [-0.3, -0.25) is 4.90 Å². The van der Waals surface area contributed by atoms with Crippen LogP contribution in [-0.4, -0.2) is 42.7 Å². The van der Waals surface area contributed by atoms with Crippen LogP contribution in [-0.2, 0) is 11.3 Å². The smallest absolute Gasteiger partial charge is 0.126 e. The van der Waals surface area contributed by atoms with Gasteiger partial charge < -0.3 is 10.1 Å². The van der Waals surface area contributed by atoms with Crippen molar-refractivity contribution in [1.29, 1.82) is 0 Å². The molecule has 1 aliphatic rings. The second kappa shape index (κ2) is 7.46. The van der Waals surface area contributed by atoms with E-state index in [0.717, 1.165) is 32.1 Å². The summed E-state index contributed by atoms with van der Waals surface area (Å²) < 4.78 is 5.78. The summed E-state index contributed by atoms with van der Waals surface area (Å²) in [5.41, 5.74) is 1.30. The lowest BCUT2D eigenvalue weighted by atomic mass is 10.1. The molecule has 0 radical (unpaired) electrons. The molecule has 1 atom stereocenters. The molecular weight excluding hydrogens is 238 g/mol. The molecule has 1 fully saturated rings. The number of anilines is 1. The lowest BCUT2D eigenvalue weighted by Gasteiger charge is -2.27. The summed E-state index contributed by atoms with van der Waals surface area (Å²) in [4.78, 5) is 6.63. The first-order valence-corrected chi connectivity index (χ1v) is 7.27. The van der Waals surface area contributed by atoms with Crippen molar-refractivity contribution in [3.8, 4) is 0 Å². The van der Waals surface area contributed by atoms with Gasteiger partial charge in [0.15, 0.2) is 0 Å². The van der Waals surface area contributed by atoms with Gasteiger partial charge in [0.05, 0.1) is 6.10 Å². The summed E-state index contributed by atoms with van der Waals surface area (Å²) in [7, 11) is 2.16. The van der Waals surface area contributed by atoms with Crippen molar-refractivity contribution in [2.45, 2.75) is 38.8 Å². The van der Waals surface area contributed by atoms with E-state index in [0.29, 0.717) is 6.10 Å². The van der Waals surface area contributed by atoms with Crippen LogP contribution in [0.1, 0.15) is 31.7 Å². The summed E-state index contributed by atoms with van der Waals surface area (Å²) in [6.45, 7) is 5.88. The summed E-state index contributed by atoms with van der Waals surface area (Å²) in [5.74, 6) is 0.960. The molecule has 0 aromatic carbocycles. The number of ether oxygens (including phenoxy) is 1. The molecule has 2 heterocycles. The highest BCUT2D eigenvalue weighted by Crippen LogP contribution is 2.15. The van der Waals surface area contributed by atoms with E-state index in [4.69, 9.17) is 4.74 Å². The summed E-state index contributed by atoms with van der Waals surface area (Å²) in [5, 5.41) is 3.25. The third-order valence-electron chi connectivity index (χ3n) is 3.42. The summed E-state index contributed by atoms with van der Waals surface area (Å²) >= 11 is 0. The Labute approximate surface area is 116 Å². The number of nitrogens with one attached hydrogen (secondary N) is 1. The molecule has 0 amide bonds. The van der Waals surface area contributed by atoms with E-state index in [2.05, 4.69) is 41.3 Å². The highest BCUT2D eigenvalue weighted by Gasteiger charge is 2.15. The Morgan fingerprint density at radius 2 is 2.37 bits per heavy atom. The number of aromatic nitrogens is 1. The van der Waals surface area contributed by atoms with Gasteiger partial charge in [-0.2, -0.15) is 0 Å². The summed E-state index contributed by atoms with van der Waals surface area (Å²) in [6, 6.07) is 4.21. The van der Waals surface area contributed by atoms with E-state index in [1.54, 1.807) is 0 Å². The summed E-state index contributed by atoms with van der Waals surface area (Å²) in [6.07, 6.45) is 6.00. The molecule has 1 saturated heterocycles. The van der Waals surface area contributed by atoms with Crippen molar-refractivity contribution in [3.05, 3.63) is 23.9 Å². The first kappa shape index (κ1) is 14.3. The molecule has 0 bridgehead atoms. The maximum absolute atomic E-state index is 5.78. The first-order chi connectivity index (χ1) is 9.28. The van der Waals surface area contributed by atoms with E-state index in [-0.39, 0.29) is 0 Å². The number of hydrogen-bond donors (Lipinski definition) is 1. The van der Waals surface area contributed by atoms with Crippen LogP contribution < -0.4 is 5.32 Å². The zero-order valence-electron chi connectivity index (χ0n) is 12.1. The Kier molecular flexibility index (Phi) is 5.61. The molecule has 1 aromatic rings. The van der Waals surface area contributed by atoms with Gasteiger partial charge in [0.1, 0.15) is 5.82 Å². The number of likely N-dealkylation sites (N-methyl/N-ethyl adjacent to an activating group) is 1. The molecule has 1 unspecified atom stereocenters. The van der Waals surface area contributed by atoms with Gasteiger partial charge in [0.2, 0.25) is 0 Å². The standard InChI is InChI=1S/C15H25N3O/c1-3-16-15-10-13(7-8-17-15)11-18(2)12-14-6-4-5-9-19-14/h7-8,10,14H,3-6,9,11-12H2,1-2H3,(H,16,17). The van der Waals surface area contributed by atoms with Crippen molar-refractivity contribution in [3.63, 3.8) is 0 Å². The fraction of sp³-hybridized carbons (Fsp3) is 0.667. The third kappa shape index (κ3) is 4.80. The minimum atomic E-state index is 0.411. The molecule has 1 aliphatic heterocycles. The van der Waals surface area contributed by atoms with Crippen LogP contribution in [0.4, 0.5) is 5.82 Å². The monoisotopic (exact) mass is 263 g/mol. The topological polar surface area (TPSA) is 37.4 Å². The van der Waals surface area contributed by atoms with Crippen molar-refractivity contribution in [2.75, 3.05) is 32.1 Å². The Morgan fingerprint density at radius 1 is 1.47 bits per heavy atom. The van der Waals surface area contributed by atoms with Gasteiger partial charge in [0, 0.05) is 32.4 Å². The van der Waals surface area contributed by atoms with Crippen LogP contribution in [0.2, 0.25) is 0 Å². The van der Waals surface area contributed by atoms with Gasteiger partial charge in [-0.05, 0) is 50.9 Å². The number of hydrogen-bond acceptors (Lipinski definition) is 4. The molecule has 1 N–H and O–H groups in total. The van der Waals surface area contributed by atoms with Crippen molar-refractivity contribution >= 4 is 5.82 Å². The molecule has 106 valence electrons. The highest BCUT2D eigenvalue weighted by molar-refractivity contribution is 5.37. The molecule has 19 heavy (non-hydrogen) atoms. The fourth-order valence-corrected chi connectivity index (χ4v) is 2.53. The predicted octanol–water partition coefficient (Wildman–Crippen LogP) is 2.51. The average Bonchev–Trinajstić information content (AvgIpc) is 2.40. The Morgan fingerprint density at radius 3 is 3.11 bits per heavy atom. The lowest BCUT2D eigenvalue weighted by molar-refractivity contribution is -0.00259. The average molecular weight is 263 g/mol. The second-order valence-electron chi connectivity index (χ2n) is 5.26. The number of rotatable bonds is 6. The Balaban J connectivity index is 1.83.